The van der Waals surface area contributed by atoms with E-state index in [4.69, 9.17) is 11.5 Å². The number of nitrogens with one attached hydrogen (secondary N) is 1. The smallest absolute Gasteiger partial charge is 0.251 e. The molecule has 1 rings (SSSR count). The van der Waals surface area contributed by atoms with Gasteiger partial charge in [-0.3, -0.25) is 9.78 Å². The zero-order valence-corrected chi connectivity index (χ0v) is 7.86. The molecular formula is C9H14N4O. The van der Waals surface area contributed by atoms with E-state index in [0.717, 1.165) is 0 Å². The van der Waals surface area contributed by atoms with Gasteiger partial charge in [0.2, 0.25) is 0 Å². The standard InChI is InChI=1S/C9H14N4O/c10-2-4-13-9(14)7-1-3-12-8(5-7)6-11/h1,3,5H,2,4,6,10-11H2,(H,13,14). The van der Waals surface area contributed by atoms with E-state index in [9.17, 15) is 4.79 Å². The first-order chi connectivity index (χ1) is 6.77. The SMILES string of the molecule is NCCNC(=O)c1ccnc(CN)c1. The van der Waals surface area contributed by atoms with Crippen LogP contribution in [0.1, 0.15) is 16.1 Å². The van der Waals surface area contributed by atoms with E-state index in [1.807, 2.05) is 0 Å². The fraction of sp³-hybridized carbons (Fsp3) is 0.333. The Kier molecular flexibility index (Phi) is 4.03. The molecule has 14 heavy (non-hydrogen) atoms. The van der Waals surface area contributed by atoms with Crippen molar-refractivity contribution in [3.8, 4) is 0 Å². The number of nitrogens with two attached hydrogens (primary N) is 2. The first kappa shape index (κ1) is 10.6. The lowest BCUT2D eigenvalue weighted by Gasteiger charge is -2.03. The largest absolute Gasteiger partial charge is 0.351 e. The fourth-order valence-electron chi connectivity index (χ4n) is 1.02. The Balaban J connectivity index is 2.69. The van der Waals surface area contributed by atoms with Crippen LogP contribution in [-0.2, 0) is 6.54 Å². The molecule has 1 amide bonds. The van der Waals surface area contributed by atoms with Gasteiger partial charge in [0, 0.05) is 31.4 Å². The first-order valence-corrected chi connectivity index (χ1v) is 4.41. The molecule has 5 nitrogen and oxygen atoms in total. The van der Waals surface area contributed by atoms with Crippen molar-refractivity contribution >= 4 is 5.91 Å². The molecular weight excluding hydrogens is 180 g/mol. The van der Waals surface area contributed by atoms with Crippen LogP contribution in [0, 0.1) is 0 Å². The van der Waals surface area contributed by atoms with Crippen LogP contribution in [0.15, 0.2) is 18.3 Å². The molecule has 0 unspecified atom stereocenters. The zero-order chi connectivity index (χ0) is 10.4. The molecule has 5 N–H and O–H groups in total. The Bertz CT molecular complexity index is 313. The monoisotopic (exact) mass is 194 g/mol. The zero-order valence-electron chi connectivity index (χ0n) is 7.86. The van der Waals surface area contributed by atoms with Crippen molar-refractivity contribution in [2.45, 2.75) is 6.54 Å². The number of aromatic nitrogens is 1. The van der Waals surface area contributed by atoms with E-state index in [2.05, 4.69) is 10.3 Å². The molecule has 0 aliphatic rings. The maximum Gasteiger partial charge on any atom is 0.251 e. The molecule has 76 valence electrons. The summed E-state index contributed by atoms with van der Waals surface area (Å²) in [6, 6.07) is 3.32. The Labute approximate surface area is 82.5 Å². The minimum Gasteiger partial charge on any atom is -0.351 e. The van der Waals surface area contributed by atoms with Crippen LogP contribution in [0.25, 0.3) is 0 Å². The average molecular weight is 194 g/mol. The summed E-state index contributed by atoms with van der Waals surface area (Å²) >= 11 is 0. The van der Waals surface area contributed by atoms with Crippen LogP contribution in [0.2, 0.25) is 0 Å². The molecule has 1 aromatic heterocycles. The third-order valence-electron chi connectivity index (χ3n) is 1.72. The second kappa shape index (κ2) is 5.31. The van der Waals surface area contributed by atoms with E-state index in [-0.39, 0.29) is 5.91 Å². The summed E-state index contributed by atoms with van der Waals surface area (Å²) in [6.45, 7) is 1.23. The van der Waals surface area contributed by atoms with Crippen LogP contribution in [0.4, 0.5) is 0 Å². The minimum atomic E-state index is -0.146. The van der Waals surface area contributed by atoms with Crippen molar-refractivity contribution in [2.24, 2.45) is 11.5 Å². The maximum absolute atomic E-state index is 11.4. The molecule has 0 aliphatic carbocycles. The van der Waals surface area contributed by atoms with E-state index in [1.54, 1.807) is 18.3 Å². The van der Waals surface area contributed by atoms with Crippen molar-refractivity contribution in [1.82, 2.24) is 10.3 Å². The Morgan fingerprint density at radius 1 is 1.50 bits per heavy atom. The van der Waals surface area contributed by atoms with E-state index < -0.39 is 0 Å². The average Bonchev–Trinajstić information content (AvgIpc) is 2.26. The first-order valence-electron chi connectivity index (χ1n) is 4.41. The summed E-state index contributed by atoms with van der Waals surface area (Å²) in [5.74, 6) is -0.146. The van der Waals surface area contributed by atoms with Gasteiger partial charge < -0.3 is 16.8 Å². The van der Waals surface area contributed by atoms with Gasteiger partial charge in [-0.1, -0.05) is 0 Å². The highest BCUT2D eigenvalue weighted by atomic mass is 16.1. The number of carbonyl (C=O) groups excluding carboxylic acids is 1. The molecule has 0 aromatic carbocycles. The lowest BCUT2D eigenvalue weighted by atomic mass is 10.2. The van der Waals surface area contributed by atoms with E-state index in [0.29, 0.717) is 30.9 Å². The van der Waals surface area contributed by atoms with Gasteiger partial charge >= 0.3 is 0 Å². The number of pyridine rings is 1. The highest BCUT2D eigenvalue weighted by molar-refractivity contribution is 5.94. The second-order valence-electron chi connectivity index (χ2n) is 2.78. The summed E-state index contributed by atoms with van der Waals surface area (Å²) in [4.78, 5) is 15.4. The Hall–Kier alpha value is -1.46. The van der Waals surface area contributed by atoms with E-state index in [1.165, 1.54) is 0 Å². The predicted molar refractivity (Wildman–Crippen MR) is 53.5 cm³/mol. The van der Waals surface area contributed by atoms with Gasteiger partial charge in [0.05, 0.1) is 5.69 Å². The number of carbonyl (C=O) groups is 1. The summed E-state index contributed by atoms with van der Waals surface area (Å²) in [5, 5.41) is 2.67. The molecule has 1 aromatic rings. The van der Waals surface area contributed by atoms with Crippen LogP contribution >= 0.6 is 0 Å². The Morgan fingerprint density at radius 3 is 2.93 bits per heavy atom. The summed E-state index contributed by atoms with van der Waals surface area (Å²) in [6.07, 6.45) is 1.57. The number of nitrogens with zero attached hydrogens (tertiary/aromatic N) is 1. The molecule has 0 saturated heterocycles. The molecule has 0 aliphatic heterocycles. The second-order valence-corrected chi connectivity index (χ2v) is 2.78. The quantitative estimate of drug-likeness (QED) is 0.586. The van der Waals surface area contributed by atoms with Gasteiger partial charge in [0.15, 0.2) is 0 Å². The maximum atomic E-state index is 11.4. The van der Waals surface area contributed by atoms with Crippen LogP contribution < -0.4 is 16.8 Å². The highest BCUT2D eigenvalue weighted by Crippen LogP contribution is 2.00. The van der Waals surface area contributed by atoms with Crippen molar-refractivity contribution in [3.63, 3.8) is 0 Å². The van der Waals surface area contributed by atoms with Gasteiger partial charge in [0.1, 0.15) is 0 Å². The van der Waals surface area contributed by atoms with Crippen LogP contribution in [0.3, 0.4) is 0 Å². The van der Waals surface area contributed by atoms with Crippen molar-refractivity contribution < 1.29 is 4.79 Å². The topological polar surface area (TPSA) is 94.0 Å². The lowest BCUT2D eigenvalue weighted by Crippen LogP contribution is -2.29. The minimum absolute atomic E-state index is 0.146. The van der Waals surface area contributed by atoms with Crippen LogP contribution in [0.5, 0.6) is 0 Å². The van der Waals surface area contributed by atoms with Gasteiger partial charge in [-0.05, 0) is 12.1 Å². The van der Waals surface area contributed by atoms with Crippen molar-refractivity contribution in [1.29, 1.82) is 0 Å². The molecule has 0 saturated carbocycles. The molecule has 0 radical (unpaired) electrons. The molecule has 0 atom stereocenters. The van der Waals surface area contributed by atoms with Gasteiger partial charge in [-0.2, -0.15) is 0 Å². The summed E-state index contributed by atoms with van der Waals surface area (Å²) < 4.78 is 0. The lowest BCUT2D eigenvalue weighted by molar-refractivity contribution is 0.0954. The number of hydrogen-bond donors (Lipinski definition) is 3. The number of amides is 1. The van der Waals surface area contributed by atoms with Gasteiger partial charge in [0.25, 0.3) is 5.91 Å². The molecule has 0 fully saturated rings. The molecule has 0 bridgehead atoms. The predicted octanol–water partition coefficient (Wildman–Crippen LogP) is -0.771. The van der Waals surface area contributed by atoms with Crippen LogP contribution in [-0.4, -0.2) is 24.0 Å². The van der Waals surface area contributed by atoms with Crippen molar-refractivity contribution in [2.75, 3.05) is 13.1 Å². The highest BCUT2D eigenvalue weighted by Gasteiger charge is 2.04. The molecule has 5 heteroatoms. The van der Waals surface area contributed by atoms with Gasteiger partial charge in [-0.25, -0.2) is 0 Å². The third-order valence-corrected chi connectivity index (χ3v) is 1.72. The summed E-state index contributed by atoms with van der Waals surface area (Å²) in [5.41, 5.74) is 11.9. The van der Waals surface area contributed by atoms with Gasteiger partial charge in [-0.15, -0.1) is 0 Å². The van der Waals surface area contributed by atoms with E-state index >= 15 is 0 Å². The fourth-order valence-corrected chi connectivity index (χ4v) is 1.02. The molecule has 1 heterocycles. The Morgan fingerprint density at radius 2 is 2.29 bits per heavy atom. The normalized spacial score (nSPS) is 9.86. The molecule has 0 spiro atoms. The third kappa shape index (κ3) is 2.79. The summed E-state index contributed by atoms with van der Waals surface area (Å²) in [7, 11) is 0. The van der Waals surface area contributed by atoms with Crippen molar-refractivity contribution in [3.05, 3.63) is 29.6 Å². The number of rotatable bonds is 4. The number of hydrogen-bond acceptors (Lipinski definition) is 4.